The van der Waals surface area contributed by atoms with Crippen LogP contribution < -0.4 is 5.32 Å². The van der Waals surface area contributed by atoms with Gasteiger partial charge in [0.2, 0.25) is 0 Å². The zero-order valence-electron chi connectivity index (χ0n) is 13.7. The molecule has 0 radical (unpaired) electrons. The summed E-state index contributed by atoms with van der Waals surface area (Å²) in [5.74, 6) is 0.234. The van der Waals surface area contributed by atoms with Crippen molar-refractivity contribution in [1.82, 2.24) is 5.32 Å². The van der Waals surface area contributed by atoms with Gasteiger partial charge in [0.25, 0.3) is 5.69 Å². The average Bonchev–Trinajstić information content (AvgIpc) is 3.09. The van der Waals surface area contributed by atoms with Crippen LogP contribution in [0, 0.1) is 16.0 Å². The lowest BCUT2D eigenvalue weighted by Crippen LogP contribution is -2.34. The molecule has 2 aromatic rings. The Kier molecular flexibility index (Phi) is 5.14. The number of nitro benzene ring substituents is 1. The summed E-state index contributed by atoms with van der Waals surface area (Å²) in [7, 11) is 0. The molecule has 1 aliphatic rings. The van der Waals surface area contributed by atoms with Crippen LogP contribution in [0.4, 0.5) is 5.69 Å². The first-order chi connectivity index (χ1) is 12.0. The molecule has 0 bridgehead atoms. The highest BCUT2D eigenvalue weighted by Crippen LogP contribution is 2.31. The van der Waals surface area contributed by atoms with Gasteiger partial charge in [0.05, 0.1) is 22.9 Å². The number of hydrogen-bond acceptors (Lipinski definition) is 5. The highest BCUT2D eigenvalue weighted by atomic mass is 16.6. The van der Waals surface area contributed by atoms with Gasteiger partial charge in [-0.15, -0.1) is 0 Å². The van der Waals surface area contributed by atoms with Crippen LogP contribution in [0.1, 0.15) is 31.4 Å². The molecule has 3 rings (SSSR count). The number of para-hydroxylation sites is 1. The van der Waals surface area contributed by atoms with Gasteiger partial charge in [-0.05, 0) is 43.9 Å². The maximum Gasteiger partial charge on any atom is 0.306 e. The Morgan fingerprint density at radius 2 is 1.92 bits per heavy atom. The Labute approximate surface area is 144 Å². The fraction of sp³-hybridized carbons (Fsp3) is 0.389. The number of furan rings is 1. The minimum Gasteiger partial charge on any atom is -0.481 e. The summed E-state index contributed by atoms with van der Waals surface area (Å²) in [6.07, 6.45) is 3.03. The zero-order chi connectivity index (χ0) is 17.8. The lowest BCUT2D eigenvalue weighted by molar-refractivity contribution is -0.384. The van der Waals surface area contributed by atoms with E-state index in [9.17, 15) is 14.9 Å². The van der Waals surface area contributed by atoms with Crippen molar-refractivity contribution in [3.8, 4) is 11.3 Å². The maximum atomic E-state index is 11.1. The normalized spacial score (nSPS) is 20.3. The quantitative estimate of drug-likeness (QED) is 0.613. The molecule has 1 aliphatic carbocycles. The van der Waals surface area contributed by atoms with E-state index in [2.05, 4.69) is 5.32 Å². The molecule has 0 aliphatic heterocycles. The van der Waals surface area contributed by atoms with Crippen molar-refractivity contribution in [3.05, 3.63) is 52.3 Å². The van der Waals surface area contributed by atoms with Gasteiger partial charge >= 0.3 is 5.97 Å². The van der Waals surface area contributed by atoms with Crippen LogP contribution in [0.25, 0.3) is 11.3 Å². The molecule has 25 heavy (non-hydrogen) atoms. The average molecular weight is 344 g/mol. The number of nitrogens with zero attached hydrogens (tertiary/aromatic N) is 1. The Balaban J connectivity index is 1.60. The van der Waals surface area contributed by atoms with E-state index in [1.54, 1.807) is 24.3 Å². The van der Waals surface area contributed by atoms with Crippen LogP contribution >= 0.6 is 0 Å². The van der Waals surface area contributed by atoms with Gasteiger partial charge in [-0.25, -0.2) is 0 Å². The van der Waals surface area contributed by atoms with Crippen molar-refractivity contribution < 1.29 is 19.2 Å². The SMILES string of the molecule is O=C(O)C1CCC(NCc2ccc(-c3ccccc3[N+](=O)[O-])o2)CC1. The van der Waals surface area contributed by atoms with Crippen molar-refractivity contribution in [2.75, 3.05) is 0 Å². The van der Waals surface area contributed by atoms with Crippen molar-refractivity contribution in [2.24, 2.45) is 5.92 Å². The van der Waals surface area contributed by atoms with E-state index < -0.39 is 10.9 Å². The number of carboxylic acid groups (broad SMARTS) is 1. The first-order valence-corrected chi connectivity index (χ1v) is 8.33. The second-order valence-electron chi connectivity index (χ2n) is 6.31. The molecule has 7 nitrogen and oxygen atoms in total. The number of carboxylic acids is 1. The number of nitrogens with one attached hydrogen (secondary N) is 1. The number of carbonyl (C=O) groups is 1. The molecule has 132 valence electrons. The van der Waals surface area contributed by atoms with Crippen LogP contribution in [0.15, 0.2) is 40.8 Å². The molecule has 7 heteroatoms. The molecule has 1 aromatic carbocycles. The van der Waals surface area contributed by atoms with E-state index in [1.807, 2.05) is 6.07 Å². The summed E-state index contributed by atoms with van der Waals surface area (Å²) in [6.45, 7) is 0.517. The van der Waals surface area contributed by atoms with Crippen LogP contribution in [-0.2, 0) is 11.3 Å². The summed E-state index contributed by atoms with van der Waals surface area (Å²) in [5.41, 5.74) is 0.476. The largest absolute Gasteiger partial charge is 0.481 e. The first-order valence-electron chi connectivity index (χ1n) is 8.33. The van der Waals surface area contributed by atoms with Gasteiger partial charge in [0, 0.05) is 12.1 Å². The van der Waals surface area contributed by atoms with Gasteiger partial charge in [0.1, 0.15) is 11.5 Å². The Hall–Kier alpha value is -2.67. The van der Waals surface area contributed by atoms with E-state index in [0.717, 1.165) is 12.8 Å². The summed E-state index contributed by atoms with van der Waals surface area (Å²) in [6, 6.07) is 10.3. The Bertz CT molecular complexity index is 762. The summed E-state index contributed by atoms with van der Waals surface area (Å²) < 4.78 is 5.75. The van der Waals surface area contributed by atoms with E-state index in [1.165, 1.54) is 6.07 Å². The third-order valence-corrected chi connectivity index (χ3v) is 4.67. The second kappa shape index (κ2) is 7.48. The van der Waals surface area contributed by atoms with Crippen molar-refractivity contribution >= 4 is 11.7 Å². The topological polar surface area (TPSA) is 106 Å². The third kappa shape index (κ3) is 4.06. The van der Waals surface area contributed by atoms with Crippen LogP contribution in [0.2, 0.25) is 0 Å². The lowest BCUT2D eigenvalue weighted by Gasteiger charge is -2.26. The second-order valence-corrected chi connectivity index (χ2v) is 6.31. The van der Waals surface area contributed by atoms with E-state index in [4.69, 9.17) is 9.52 Å². The smallest absolute Gasteiger partial charge is 0.306 e. The number of benzene rings is 1. The van der Waals surface area contributed by atoms with Crippen molar-refractivity contribution in [3.63, 3.8) is 0 Å². The molecule has 0 amide bonds. The first kappa shape index (κ1) is 17.2. The van der Waals surface area contributed by atoms with E-state index in [0.29, 0.717) is 36.5 Å². The molecule has 0 atom stereocenters. The van der Waals surface area contributed by atoms with Gasteiger partial charge in [0.15, 0.2) is 0 Å². The Morgan fingerprint density at radius 3 is 2.60 bits per heavy atom. The summed E-state index contributed by atoms with van der Waals surface area (Å²) in [5, 5.41) is 23.5. The summed E-state index contributed by atoms with van der Waals surface area (Å²) in [4.78, 5) is 21.7. The Morgan fingerprint density at radius 1 is 1.20 bits per heavy atom. The standard InChI is InChI=1S/C18H20N2O5/c21-18(22)12-5-7-13(8-6-12)19-11-14-9-10-17(25-14)15-3-1-2-4-16(15)20(23)24/h1-4,9-10,12-13,19H,5-8,11H2,(H,21,22). The highest BCUT2D eigenvalue weighted by Gasteiger charge is 2.25. The van der Waals surface area contributed by atoms with E-state index in [-0.39, 0.29) is 17.6 Å². The van der Waals surface area contributed by atoms with Gasteiger partial charge in [-0.3, -0.25) is 14.9 Å². The number of hydrogen-bond donors (Lipinski definition) is 2. The molecular formula is C18H20N2O5. The molecule has 2 N–H and O–H groups in total. The number of rotatable bonds is 6. The molecule has 1 fully saturated rings. The molecular weight excluding hydrogens is 324 g/mol. The summed E-state index contributed by atoms with van der Waals surface area (Å²) >= 11 is 0. The van der Waals surface area contributed by atoms with Crippen LogP contribution in [0.5, 0.6) is 0 Å². The lowest BCUT2D eigenvalue weighted by atomic mass is 9.86. The molecule has 1 saturated carbocycles. The molecule has 0 saturated heterocycles. The molecule has 0 spiro atoms. The fourth-order valence-corrected chi connectivity index (χ4v) is 3.25. The van der Waals surface area contributed by atoms with E-state index >= 15 is 0 Å². The van der Waals surface area contributed by atoms with Gasteiger partial charge in [-0.1, -0.05) is 12.1 Å². The van der Waals surface area contributed by atoms with Crippen LogP contribution in [-0.4, -0.2) is 22.0 Å². The van der Waals surface area contributed by atoms with Gasteiger partial charge in [-0.2, -0.15) is 0 Å². The van der Waals surface area contributed by atoms with Crippen LogP contribution in [0.3, 0.4) is 0 Å². The minimum absolute atomic E-state index is 0.0170. The number of aliphatic carboxylic acids is 1. The zero-order valence-corrected chi connectivity index (χ0v) is 13.7. The predicted octanol–water partition coefficient (Wildman–Crippen LogP) is 3.59. The van der Waals surface area contributed by atoms with Gasteiger partial charge < -0.3 is 14.8 Å². The maximum absolute atomic E-state index is 11.1. The third-order valence-electron chi connectivity index (χ3n) is 4.67. The molecule has 1 aromatic heterocycles. The minimum atomic E-state index is -0.710. The highest BCUT2D eigenvalue weighted by molar-refractivity contribution is 5.70. The number of nitro groups is 1. The predicted molar refractivity (Wildman–Crippen MR) is 91.0 cm³/mol. The van der Waals surface area contributed by atoms with Crippen molar-refractivity contribution in [1.29, 1.82) is 0 Å². The monoisotopic (exact) mass is 344 g/mol. The molecule has 0 unspecified atom stereocenters. The van der Waals surface area contributed by atoms with Crippen molar-refractivity contribution in [2.45, 2.75) is 38.3 Å². The fourth-order valence-electron chi connectivity index (χ4n) is 3.25. The molecule has 1 heterocycles.